The summed E-state index contributed by atoms with van der Waals surface area (Å²) in [4.78, 5) is 12.2. The van der Waals surface area contributed by atoms with Gasteiger partial charge in [-0.05, 0) is 44.2 Å². The maximum absolute atomic E-state index is 12.3. The van der Waals surface area contributed by atoms with Crippen molar-refractivity contribution in [2.24, 2.45) is 0 Å². The highest BCUT2D eigenvalue weighted by molar-refractivity contribution is 5.90. The number of halogens is 2. The number of hydrogen-bond donors (Lipinski definition) is 0. The van der Waals surface area contributed by atoms with Gasteiger partial charge in [-0.2, -0.15) is 8.78 Å². The highest BCUT2D eigenvalue weighted by Crippen LogP contribution is 2.24. The van der Waals surface area contributed by atoms with Gasteiger partial charge in [0.15, 0.2) is 6.10 Å². The number of carbonyl (C=O) groups is 1. The Labute approximate surface area is 153 Å². The lowest BCUT2D eigenvalue weighted by molar-refractivity contribution is -0.0499. The molecular weight excluding hydrogens is 358 g/mol. The molecule has 1 unspecified atom stereocenters. The lowest BCUT2D eigenvalue weighted by atomic mass is 10.1. The summed E-state index contributed by atoms with van der Waals surface area (Å²) >= 11 is 0. The molecule has 0 N–H and O–H groups in total. The number of ether oxygens (including phenoxy) is 2. The molecule has 0 aliphatic carbocycles. The van der Waals surface area contributed by atoms with Crippen molar-refractivity contribution in [1.29, 1.82) is 0 Å². The lowest BCUT2D eigenvalue weighted by Crippen LogP contribution is -2.10. The van der Waals surface area contributed by atoms with Gasteiger partial charge in [0, 0.05) is 5.56 Å². The molecule has 0 amide bonds. The summed E-state index contributed by atoms with van der Waals surface area (Å²) in [7, 11) is 0. The van der Waals surface area contributed by atoms with E-state index < -0.39 is 18.7 Å². The molecule has 1 heterocycles. The second-order valence-electron chi connectivity index (χ2n) is 5.77. The normalized spacial score (nSPS) is 12.0. The molecule has 0 spiro atoms. The SMILES string of the molecule is Cc1ccc(-c2nnc(C(C)OC(=O)c3cccc(OC(F)F)c3)o2)cc1. The number of benzene rings is 2. The molecule has 0 aliphatic rings. The number of alkyl halides is 2. The van der Waals surface area contributed by atoms with Crippen molar-refractivity contribution < 1.29 is 27.5 Å². The smallest absolute Gasteiger partial charge is 0.387 e. The Morgan fingerprint density at radius 3 is 2.56 bits per heavy atom. The molecule has 3 aromatic rings. The topological polar surface area (TPSA) is 74.5 Å². The van der Waals surface area contributed by atoms with Crippen LogP contribution in [0.4, 0.5) is 8.78 Å². The first-order valence-electron chi connectivity index (χ1n) is 8.08. The second-order valence-corrected chi connectivity index (χ2v) is 5.77. The predicted octanol–water partition coefficient (Wildman–Crippen LogP) is 4.56. The summed E-state index contributed by atoms with van der Waals surface area (Å²) in [5.41, 5.74) is 1.91. The van der Waals surface area contributed by atoms with E-state index in [4.69, 9.17) is 9.15 Å². The number of carbonyl (C=O) groups excluding carboxylic acids is 1. The first-order valence-corrected chi connectivity index (χ1v) is 8.08. The highest BCUT2D eigenvalue weighted by atomic mass is 19.3. The number of hydrogen-bond acceptors (Lipinski definition) is 6. The van der Waals surface area contributed by atoms with E-state index in [0.717, 1.165) is 11.1 Å². The molecule has 8 heteroatoms. The molecule has 140 valence electrons. The molecule has 3 rings (SSSR count). The van der Waals surface area contributed by atoms with E-state index in [1.165, 1.54) is 24.3 Å². The van der Waals surface area contributed by atoms with Crippen LogP contribution in [-0.4, -0.2) is 22.8 Å². The van der Waals surface area contributed by atoms with Crippen molar-refractivity contribution in [3.8, 4) is 17.2 Å². The minimum Gasteiger partial charge on any atom is -0.449 e. The number of esters is 1. The van der Waals surface area contributed by atoms with Crippen LogP contribution in [0.2, 0.25) is 0 Å². The predicted molar refractivity (Wildman–Crippen MR) is 91.4 cm³/mol. The van der Waals surface area contributed by atoms with Gasteiger partial charge >= 0.3 is 12.6 Å². The Bertz CT molecular complexity index is 925. The second kappa shape index (κ2) is 7.94. The first kappa shape index (κ1) is 18.5. The van der Waals surface area contributed by atoms with Crippen molar-refractivity contribution in [2.45, 2.75) is 26.6 Å². The third-order valence-electron chi connectivity index (χ3n) is 3.67. The quantitative estimate of drug-likeness (QED) is 0.589. The van der Waals surface area contributed by atoms with Gasteiger partial charge in [0.05, 0.1) is 5.56 Å². The van der Waals surface area contributed by atoms with Gasteiger partial charge in [-0.3, -0.25) is 0 Å². The Kier molecular flexibility index (Phi) is 5.44. The molecule has 27 heavy (non-hydrogen) atoms. The fraction of sp³-hybridized carbons (Fsp3) is 0.211. The zero-order valence-electron chi connectivity index (χ0n) is 14.6. The van der Waals surface area contributed by atoms with E-state index >= 15 is 0 Å². The molecule has 0 saturated carbocycles. The van der Waals surface area contributed by atoms with Crippen molar-refractivity contribution in [2.75, 3.05) is 0 Å². The molecule has 0 radical (unpaired) electrons. The van der Waals surface area contributed by atoms with Crippen LogP contribution in [0.3, 0.4) is 0 Å². The Morgan fingerprint density at radius 1 is 1.11 bits per heavy atom. The Hall–Kier alpha value is -3.29. The summed E-state index contributed by atoms with van der Waals surface area (Å²) in [6, 6.07) is 12.9. The molecule has 1 atom stereocenters. The van der Waals surface area contributed by atoms with Gasteiger partial charge < -0.3 is 13.9 Å². The number of aryl methyl sites for hydroxylation is 1. The van der Waals surface area contributed by atoms with Crippen molar-refractivity contribution in [3.05, 3.63) is 65.5 Å². The molecule has 2 aromatic carbocycles. The van der Waals surface area contributed by atoms with Crippen molar-refractivity contribution in [3.63, 3.8) is 0 Å². The minimum absolute atomic E-state index is 0.0678. The molecule has 0 bridgehead atoms. The van der Waals surface area contributed by atoms with Crippen molar-refractivity contribution in [1.82, 2.24) is 10.2 Å². The average molecular weight is 374 g/mol. The highest BCUT2D eigenvalue weighted by Gasteiger charge is 2.20. The molecule has 0 aliphatic heterocycles. The Morgan fingerprint density at radius 2 is 1.85 bits per heavy atom. The van der Waals surface area contributed by atoms with Gasteiger partial charge in [-0.1, -0.05) is 23.8 Å². The molecule has 0 fully saturated rings. The number of rotatable bonds is 6. The summed E-state index contributed by atoms with van der Waals surface area (Å²) in [5, 5.41) is 7.85. The van der Waals surface area contributed by atoms with E-state index in [0.29, 0.717) is 5.89 Å². The van der Waals surface area contributed by atoms with Crippen LogP contribution >= 0.6 is 0 Å². The van der Waals surface area contributed by atoms with Crippen LogP contribution in [0.25, 0.3) is 11.5 Å². The van der Waals surface area contributed by atoms with Crippen LogP contribution < -0.4 is 4.74 Å². The minimum atomic E-state index is -2.98. The number of aromatic nitrogens is 2. The molecule has 1 aromatic heterocycles. The molecule has 0 saturated heterocycles. The molecular formula is C19H16F2N2O4. The van der Waals surface area contributed by atoms with Crippen LogP contribution in [0.15, 0.2) is 52.9 Å². The van der Waals surface area contributed by atoms with Gasteiger partial charge in [-0.15, -0.1) is 10.2 Å². The third kappa shape index (κ3) is 4.66. The van der Waals surface area contributed by atoms with Gasteiger partial charge in [0.25, 0.3) is 5.89 Å². The lowest BCUT2D eigenvalue weighted by Gasteiger charge is -2.10. The fourth-order valence-corrected chi connectivity index (χ4v) is 2.29. The summed E-state index contributed by atoms with van der Waals surface area (Å²) in [5.74, 6) is -0.428. The standard InChI is InChI=1S/C19H16F2N2O4/c1-11-6-8-13(9-7-11)17-23-22-16(27-17)12(2)25-18(24)14-4-3-5-15(10-14)26-19(20)21/h3-10,12,19H,1-2H3. The summed E-state index contributed by atoms with van der Waals surface area (Å²) in [6.45, 7) is 0.559. The van der Waals surface area contributed by atoms with Crippen molar-refractivity contribution >= 4 is 5.97 Å². The average Bonchev–Trinajstić information content (AvgIpc) is 3.12. The van der Waals surface area contributed by atoms with E-state index in [1.807, 2.05) is 31.2 Å². The van der Waals surface area contributed by atoms with Gasteiger partial charge in [-0.25, -0.2) is 4.79 Å². The van der Waals surface area contributed by atoms with Crippen LogP contribution in [0.5, 0.6) is 5.75 Å². The van der Waals surface area contributed by atoms with Crippen LogP contribution in [-0.2, 0) is 4.74 Å². The molecule has 6 nitrogen and oxygen atoms in total. The summed E-state index contributed by atoms with van der Waals surface area (Å²) < 4.78 is 39.7. The van der Waals surface area contributed by atoms with E-state index in [-0.39, 0.29) is 17.2 Å². The van der Waals surface area contributed by atoms with Crippen LogP contribution in [0.1, 0.15) is 34.8 Å². The maximum atomic E-state index is 12.3. The van der Waals surface area contributed by atoms with E-state index in [2.05, 4.69) is 14.9 Å². The fourth-order valence-electron chi connectivity index (χ4n) is 2.29. The monoisotopic (exact) mass is 374 g/mol. The summed E-state index contributed by atoms with van der Waals surface area (Å²) in [6.07, 6.45) is -0.816. The Balaban J connectivity index is 1.69. The zero-order chi connectivity index (χ0) is 19.4. The maximum Gasteiger partial charge on any atom is 0.387 e. The first-order chi connectivity index (χ1) is 12.9. The van der Waals surface area contributed by atoms with E-state index in [9.17, 15) is 13.6 Å². The van der Waals surface area contributed by atoms with Crippen LogP contribution in [0, 0.1) is 6.92 Å². The zero-order valence-corrected chi connectivity index (χ0v) is 14.6. The van der Waals surface area contributed by atoms with Gasteiger partial charge in [0.1, 0.15) is 5.75 Å². The number of nitrogens with zero attached hydrogens (tertiary/aromatic N) is 2. The van der Waals surface area contributed by atoms with Gasteiger partial charge in [0.2, 0.25) is 5.89 Å². The van der Waals surface area contributed by atoms with E-state index in [1.54, 1.807) is 6.92 Å². The largest absolute Gasteiger partial charge is 0.449 e. The third-order valence-corrected chi connectivity index (χ3v) is 3.67.